The Morgan fingerprint density at radius 3 is 2.38 bits per heavy atom. The Morgan fingerprint density at radius 1 is 1.00 bits per heavy atom. The average Bonchev–Trinajstić information content (AvgIpc) is 3.43. The largest absolute Gasteiger partial charge is 0.497 e. The monoisotopic (exact) mass is 662 g/mol. The average molecular weight is 664 g/mol. The van der Waals surface area contributed by atoms with Crippen molar-refractivity contribution >= 4 is 64.8 Å². The number of benzene rings is 4. The van der Waals surface area contributed by atoms with Crippen LogP contribution in [0.2, 0.25) is 0 Å². The van der Waals surface area contributed by atoms with Gasteiger partial charge in [-0.2, -0.15) is 14.4 Å². The molecule has 11 heteroatoms. The van der Waals surface area contributed by atoms with E-state index in [-0.39, 0.29) is 17.0 Å². The molecule has 0 N–H and O–H groups in total. The molecule has 214 valence electrons. The van der Waals surface area contributed by atoms with Crippen molar-refractivity contribution in [3.8, 4) is 5.75 Å². The molecule has 0 aliphatic heterocycles. The number of aromatic nitrogens is 1. The summed E-state index contributed by atoms with van der Waals surface area (Å²) in [4.78, 5) is 18.5. The number of hydrogen-bond acceptors (Lipinski definition) is 7. The van der Waals surface area contributed by atoms with Crippen molar-refractivity contribution in [3.63, 3.8) is 0 Å². The highest BCUT2D eigenvalue weighted by Gasteiger charge is 2.25. The van der Waals surface area contributed by atoms with E-state index >= 15 is 0 Å². The number of hydrazone groups is 1. The van der Waals surface area contributed by atoms with Gasteiger partial charge in [-0.05, 0) is 77.9 Å². The standard InChI is InChI=1S/C31H27BrN4O4S2/c1-3-35(21-23-7-5-4-6-8-23)42(38,39)27-16-11-24(12-17-27)30(37)36(33-20-22-9-14-26(40-2)15-10-22)31-34-28-18-13-25(32)19-29(28)41-31/h4-20H,3,21H2,1-2H3/b33-20+. The topological polar surface area (TPSA) is 92.2 Å². The van der Waals surface area contributed by atoms with Gasteiger partial charge in [0.1, 0.15) is 5.75 Å². The van der Waals surface area contributed by atoms with Gasteiger partial charge < -0.3 is 4.74 Å². The van der Waals surface area contributed by atoms with Crippen LogP contribution < -0.4 is 9.75 Å². The Bertz CT molecular complexity index is 1830. The molecule has 0 spiro atoms. The fourth-order valence-electron chi connectivity index (χ4n) is 4.17. The molecule has 0 saturated heterocycles. The summed E-state index contributed by atoms with van der Waals surface area (Å²) in [6, 6.07) is 28.3. The number of carbonyl (C=O) groups excluding carboxylic acids is 1. The molecule has 1 heterocycles. The lowest BCUT2D eigenvalue weighted by atomic mass is 10.2. The lowest BCUT2D eigenvalue weighted by Gasteiger charge is -2.21. The summed E-state index contributed by atoms with van der Waals surface area (Å²) in [5.74, 6) is 0.260. The number of nitrogens with zero attached hydrogens (tertiary/aromatic N) is 4. The molecular formula is C31H27BrN4O4S2. The maximum atomic E-state index is 13.8. The fourth-order valence-corrected chi connectivity index (χ4v) is 7.09. The molecule has 42 heavy (non-hydrogen) atoms. The minimum absolute atomic E-state index is 0.106. The van der Waals surface area contributed by atoms with Gasteiger partial charge in [0.05, 0.1) is 28.4 Å². The van der Waals surface area contributed by atoms with E-state index in [1.807, 2.05) is 60.7 Å². The predicted octanol–water partition coefficient (Wildman–Crippen LogP) is 6.96. The minimum atomic E-state index is -3.78. The van der Waals surface area contributed by atoms with Gasteiger partial charge in [0, 0.05) is 23.1 Å². The second kappa shape index (κ2) is 13.0. The van der Waals surface area contributed by atoms with Crippen LogP contribution >= 0.6 is 27.3 Å². The zero-order chi connectivity index (χ0) is 29.7. The highest BCUT2D eigenvalue weighted by Crippen LogP contribution is 2.32. The number of fused-ring (bicyclic) bond motifs is 1. The molecule has 0 unspecified atom stereocenters. The quantitative estimate of drug-likeness (QED) is 0.119. The van der Waals surface area contributed by atoms with Gasteiger partial charge in [0.25, 0.3) is 5.91 Å². The van der Waals surface area contributed by atoms with Crippen LogP contribution in [0.25, 0.3) is 10.2 Å². The number of amides is 1. The third-order valence-electron chi connectivity index (χ3n) is 6.44. The molecule has 1 aromatic heterocycles. The van der Waals surface area contributed by atoms with Crippen molar-refractivity contribution < 1.29 is 17.9 Å². The lowest BCUT2D eigenvalue weighted by Crippen LogP contribution is -2.30. The molecule has 5 rings (SSSR count). The number of thiazole rings is 1. The smallest absolute Gasteiger partial charge is 0.280 e. The summed E-state index contributed by atoms with van der Waals surface area (Å²) >= 11 is 4.81. The van der Waals surface area contributed by atoms with Crippen molar-refractivity contribution in [3.05, 3.63) is 118 Å². The Morgan fingerprint density at radius 2 is 1.71 bits per heavy atom. The van der Waals surface area contributed by atoms with Crippen LogP contribution in [-0.4, -0.2) is 43.5 Å². The molecule has 0 saturated carbocycles. The van der Waals surface area contributed by atoms with Crippen LogP contribution in [0.4, 0.5) is 5.13 Å². The molecule has 0 atom stereocenters. The molecule has 1 amide bonds. The summed E-state index contributed by atoms with van der Waals surface area (Å²) in [6.07, 6.45) is 1.57. The number of rotatable bonds is 10. The maximum absolute atomic E-state index is 13.8. The molecule has 0 fully saturated rings. The lowest BCUT2D eigenvalue weighted by molar-refractivity contribution is 0.0987. The van der Waals surface area contributed by atoms with E-state index in [0.717, 1.165) is 25.8 Å². The summed E-state index contributed by atoms with van der Waals surface area (Å²) in [5, 5.41) is 6.12. The second-order valence-electron chi connectivity index (χ2n) is 9.18. The SMILES string of the molecule is CCN(Cc1ccccc1)S(=O)(=O)c1ccc(C(=O)N(/N=C/c2ccc(OC)cc2)c2nc3ccc(Br)cc3s2)cc1. The Labute approximate surface area is 257 Å². The number of carbonyl (C=O) groups is 1. The minimum Gasteiger partial charge on any atom is -0.497 e. The Hall–Kier alpha value is -3.90. The summed E-state index contributed by atoms with van der Waals surface area (Å²) in [5.41, 5.74) is 2.66. The molecule has 5 aromatic rings. The number of anilines is 1. The van der Waals surface area contributed by atoms with Crippen LogP contribution in [-0.2, 0) is 16.6 Å². The van der Waals surface area contributed by atoms with Crippen molar-refractivity contribution in [2.45, 2.75) is 18.4 Å². The summed E-state index contributed by atoms with van der Waals surface area (Å²) in [6.45, 7) is 2.36. The third-order valence-corrected chi connectivity index (χ3v) is 9.87. The van der Waals surface area contributed by atoms with Gasteiger partial charge in [-0.15, -0.1) is 0 Å². The van der Waals surface area contributed by atoms with Crippen LogP contribution in [0.15, 0.2) is 112 Å². The highest BCUT2D eigenvalue weighted by molar-refractivity contribution is 9.10. The van der Waals surface area contributed by atoms with Crippen LogP contribution in [0, 0.1) is 0 Å². The van der Waals surface area contributed by atoms with Gasteiger partial charge >= 0.3 is 0 Å². The molecule has 0 bridgehead atoms. The van der Waals surface area contributed by atoms with Crippen molar-refractivity contribution in [2.75, 3.05) is 18.7 Å². The van der Waals surface area contributed by atoms with E-state index in [9.17, 15) is 13.2 Å². The van der Waals surface area contributed by atoms with E-state index in [4.69, 9.17) is 4.74 Å². The second-order valence-corrected chi connectivity index (χ2v) is 13.0. The Kier molecular flexibility index (Phi) is 9.12. The highest BCUT2D eigenvalue weighted by atomic mass is 79.9. The van der Waals surface area contributed by atoms with E-state index in [1.54, 1.807) is 32.4 Å². The van der Waals surface area contributed by atoms with Crippen molar-refractivity contribution in [1.29, 1.82) is 0 Å². The first-order valence-corrected chi connectivity index (χ1v) is 16.1. The van der Waals surface area contributed by atoms with E-state index in [2.05, 4.69) is 26.0 Å². The van der Waals surface area contributed by atoms with Crippen molar-refractivity contribution in [2.24, 2.45) is 5.10 Å². The summed E-state index contributed by atoms with van der Waals surface area (Å²) < 4.78 is 35.3. The number of halogens is 1. The normalized spacial score (nSPS) is 11.8. The van der Waals surface area contributed by atoms with E-state index in [0.29, 0.717) is 17.4 Å². The molecule has 0 aliphatic rings. The van der Waals surface area contributed by atoms with Crippen LogP contribution in [0.3, 0.4) is 0 Å². The predicted molar refractivity (Wildman–Crippen MR) is 171 cm³/mol. The zero-order valence-electron chi connectivity index (χ0n) is 22.8. The third kappa shape index (κ3) is 6.60. The van der Waals surface area contributed by atoms with E-state index in [1.165, 1.54) is 44.9 Å². The number of methoxy groups -OCH3 is 1. The number of hydrogen-bond donors (Lipinski definition) is 0. The van der Waals surface area contributed by atoms with Gasteiger partial charge in [0.2, 0.25) is 15.2 Å². The molecule has 0 aliphatic carbocycles. The van der Waals surface area contributed by atoms with Crippen molar-refractivity contribution in [1.82, 2.24) is 9.29 Å². The first-order valence-electron chi connectivity index (χ1n) is 13.0. The van der Waals surface area contributed by atoms with E-state index < -0.39 is 15.9 Å². The number of ether oxygens (including phenoxy) is 1. The number of sulfonamides is 1. The molecule has 8 nitrogen and oxygen atoms in total. The molecule has 0 radical (unpaired) electrons. The van der Waals surface area contributed by atoms with Gasteiger partial charge in [0.15, 0.2) is 0 Å². The zero-order valence-corrected chi connectivity index (χ0v) is 26.1. The molecule has 4 aromatic carbocycles. The first-order chi connectivity index (χ1) is 20.3. The Balaban J connectivity index is 1.45. The van der Waals surface area contributed by atoms with Crippen LogP contribution in [0.5, 0.6) is 5.75 Å². The maximum Gasteiger partial charge on any atom is 0.280 e. The van der Waals surface area contributed by atoms with Gasteiger partial charge in [-0.25, -0.2) is 13.4 Å². The van der Waals surface area contributed by atoms with Gasteiger partial charge in [-0.3, -0.25) is 4.79 Å². The first kappa shape index (κ1) is 29.6. The summed E-state index contributed by atoms with van der Waals surface area (Å²) in [7, 11) is -2.19. The fraction of sp³-hybridized carbons (Fsp3) is 0.129. The molecular weight excluding hydrogens is 636 g/mol. The van der Waals surface area contributed by atoms with Crippen LogP contribution in [0.1, 0.15) is 28.4 Å². The van der Waals surface area contributed by atoms with Gasteiger partial charge in [-0.1, -0.05) is 64.5 Å².